The third-order valence-corrected chi connectivity index (χ3v) is 1.47. The van der Waals surface area contributed by atoms with Crippen LogP contribution in [0.1, 0.15) is 6.42 Å². The molecule has 0 saturated carbocycles. The Kier molecular flexibility index (Phi) is 3.70. The van der Waals surface area contributed by atoms with Crippen LogP contribution in [0.2, 0.25) is 0 Å². The lowest BCUT2D eigenvalue weighted by molar-refractivity contribution is -0.148. The summed E-state index contributed by atoms with van der Waals surface area (Å²) in [4.78, 5) is 31.8. The van der Waals surface area contributed by atoms with Gasteiger partial charge in [0.25, 0.3) is 0 Å². The van der Waals surface area contributed by atoms with Crippen LogP contribution in [-0.2, 0) is 9.59 Å². The lowest BCUT2D eigenvalue weighted by atomic mass is 10.2. The van der Waals surface area contributed by atoms with E-state index in [4.69, 9.17) is 15.9 Å². The van der Waals surface area contributed by atoms with Crippen molar-refractivity contribution in [1.82, 2.24) is 4.90 Å². The van der Waals surface area contributed by atoms with Gasteiger partial charge in [0.05, 0.1) is 6.42 Å². The maximum absolute atomic E-state index is 10.5. The van der Waals surface area contributed by atoms with Crippen molar-refractivity contribution in [3.05, 3.63) is 0 Å². The zero-order chi connectivity index (χ0) is 10.6. The number of amides is 2. The smallest absolute Gasteiger partial charge is 0.327 e. The molecule has 0 aliphatic rings. The molecule has 0 aromatic heterocycles. The minimum absolute atomic E-state index is 0.663. The Labute approximate surface area is 73.7 Å². The number of primary amides is 1. The number of carboxylic acids is 2. The molecule has 4 N–H and O–H groups in total. The molecule has 0 spiro atoms. The second-order valence-corrected chi connectivity index (χ2v) is 2.40. The van der Waals surface area contributed by atoms with Crippen molar-refractivity contribution < 1.29 is 24.6 Å². The van der Waals surface area contributed by atoms with E-state index in [1.165, 1.54) is 0 Å². The van der Waals surface area contributed by atoms with Crippen LogP contribution in [0.5, 0.6) is 0 Å². The Morgan fingerprint density at radius 1 is 1.38 bits per heavy atom. The Morgan fingerprint density at radius 2 is 1.85 bits per heavy atom. The van der Waals surface area contributed by atoms with Crippen molar-refractivity contribution in [3.63, 3.8) is 0 Å². The third-order valence-electron chi connectivity index (χ3n) is 1.47. The van der Waals surface area contributed by atoms with Gasteiger partial charge in [-0.15, -0.1) is 0 Å². The SMILES string of the molecule is CN(C(N)=O)C(CC(=O)O)C(=O)O. The van der Waals surface area contributed by atoms with Gasteiger partial charge in [0.2, 0.25) is 0 Å². The number of urea groups is 1. The van der Waals surface area contributed by atoms with E-state index in [9.17, 15) is 14.4 Å². The van der Waals surface area contributed by atoms with Crippen LogP contribution in [0.25, 0.3) is 0 Å². The fourth-order valence-electron chi connectivity index (χ4n) is 0.709. The normalized spacial score (nSPS) is 11.8. The number of nitrogens with zero attached hydrogens (tertiary/aromatic N) is 1. The maximum Gasteiger partial charge on any atom is 0.327 e. The molecule has 0 aromatic carbocycles. The minimum Gasteiger partial charge on any atom is -0.481 e. The standard InChI is InChI=1S/C6H10N2O5/c1-8(6(7)13)3(5(11)12)2-4(9)10/h3H,2H2,1H3,(H2,7,13)(H,9,10)(H,11,12). The van der Waals surface area contributed by atoms with Crippen LogP contribution >= 0.6 is 0 Å². The highest BCUT2D eigenvalue weighted by atomic mass is 16.4. The molecule has 0 heterocycles. The molecule has 0 radical (unpaired) electrons. The van der Waals surface area contributed by atoms with Gasteiger partial charge in [-0.05, 0) is 0 Å². The molecular weight excluding hydrogens is 180 g/mol. The molecule has 7 heteroatoms. The molecule has 0 aromatic rings. The van der Waals surface area contributed by atoms with Crippen molar-refractivity contribution in [2.45, 2.75) is 12.5 Å². The molecular formula is C6H10N2O5. The summed E-state index contributed by atoms with van der Waals surface area (Å²) < 4.78 is 0. The van der Waals surface area contributed by atoms with E-state index < -0.39 is 30.4 Å². The number of rotatable bonds is 4. The maximum atomic E-state index is 10.5. The monoisotopic (exact) mass is 190 g/mol. The predicted octanol–water partition coefficient (Wildman–Crippen LogP) is -1.08. The first-order chi connectivity index (χ1) is 5.86. The van der Waals surface area contributed by atoms with Crippen LogP contribution in [0.15, 0.2) is 0 Å². The van der Waals surface area contributed by atoms with Gasteiger partial charge in [-0.1, -0.05) is 0 Å². The summed E-state index contributed by atoms with van der Waals surface area (Å²) in [5, 5.41) is 16.8. The molecule has 0 rings (SSSR count). The lowest BCUT2D eigenvalue weighted by Gasteiger charge is -2.20. The van der Waals surface area contributed by atoms with Crippen LogP contribution in [0, 0.1) is 0 Å². The Bertz CT molecular complexity index is 239. The lowest BCUT2D eigenvalue weighted by Crippen LogP contribution is -2.46. The average molecular weight is 190 g/mol. The summed E-state index contributed by atoms with van der Waals surface area (Å²) in [6.07, 6.45) is -0.672. The van der Waals surface area contributed by atoms with Crippen molar-refractivity contribution in [2.24, 2.45) is 5.73 Å². The molecule has 13 heavy (non-hydrogen) atoms. The quantitative estimate of drug-likeness (QED) is 0.520. The zero-order valence-corrected chi connectivity index (χ0v) is 6.93. The average Bonchev–Trinajstić information content (AvgIpc) is 1.97. The largest absolute Gasteiger partial charge is 0.481 e. The van der Waals surface area contributed by atoms with Gasteiger partial charge in [-0.25, -0.2) is 9.59 Å². The number of carbonyl (C=O) groups excluding carboxylic acids is 1. The van der Waals surface area contributed by atoms with Crippen LogP contribution in [0.4, 0.5) is 4.79 Å². The zero-order valence-electron chi connectivity index (χ0n) is 6.93. The molecule has 0 aliphatic carbocycles. The predicted molar refractivity (Wildman–Crippen MR) is 41.0 cm³/mol. The fraction of sp³-hybridized carbons (Fsp3) is 0.500. The first-order valence-corrected chi connectivity index (χ1v) is 3.33. The van der Waals surface area contributed by atoms with Crippen molar-refractivity contribution in [2.75, 3.05) is 7.05 Å². The van der Waals surface area contributed by atoms with Gasteiger partial charge in [0.15, 0.2) is 0 Å². The molecule has 0 bridgehead atoms. The molecule has 2 amide bonds. The van der Waals surface area contributed by atoms with Crippen molar-refractivity contribution in [1.29, 1.82) is 0 Å². The van der Waals surface area contributed by atoms with Gasteiger partial charge >= 0.3 is 18.0 Å². The number of hydrogen-bond donors (Lipinski definition) is 3. The highest BCUT2D eigenvalue weighted by Gasteiger charge is 2.27. The van der Waals surface area contributed by atoms with E-state index in [0.717, 1.165) is 7.05 Å². The molecule has 74 valence electrons. The van der Waals surface area contributed by atoms with Crippen molar-refractivity contribution in [3.8, 4) is 0 Å². The Morgan fingerprint density at radius 3 is 2.08 bits per heavy atom. The summed E-state index contributed by atoms with van der Waals surface area (Å²) in [6, 6.07) is -2.40. The minimum atomic E-state index is -1.42. The number of carboxylic acid groups (broad SMARTS) is 2. The van der Waals surface area contributed by atoms with E-state index in [0.29, 0.717) is 4.90 Å². The number of aliphatic carboxylic acids is 2. The second-order valence-electron chi connectivity index (χ2n) is 2.40. The van der Waals surface area contributed by atoms with E-state index in [2.05, 4.69) is 0 Å². The fourth-order valence-corrected chi connectivity index (χ4v) is 0.709. The van der Waals surface area contributed by atoms with Crippen LogP contribution in [0.3, 0.4) is 0 Å². The highest BCUT2D eigenvalue weighted by molar-refractivity contribution is 5.85. The molecule has 1 unspecified atom stereocenters. The topological polar surface area (TPSA) is 121 Å². The summed E-state index contributed by atoms with van der Waals surface area (Å²) in [6.45, 7) is 0. The number of likely N-dealkylation sites (N-methyl/N-ethyl adjacent to an activating group) is 1. The summed E-state index contributed by atoms with van der Waals surface area (Å²) in [5.41, 5.74) is 4.78. The molecule has 0 saturated heterocycles. The van der Waals surface area contributed by atoms with Crippen LogP contribution in [-0.4, -0.2) is 46.2 Å². The summed E-state index contributed by atoms with van der Waals surface area (Å²) in [5.74, 6) is -2.70. The van der Waals surface area contributed by atoms with Gasteiger partial charge in [0, 0.05) is 7.05 Å². The number of nitrogens with two attached hydrogens (primary N) is 1. The summed E-state index contributed by atoms with van der Waals surface area (Å²) in [7, 11) is 1.13. The first-order valence-electron chi connectivity index (χ1n) is 3.33. The first kappa shape index (κ1) is 11.2. The van der Waals surface area contributed by atoms with E-state index in [1.54, 1.807) is 0 Å². The molecule has 7 nitrogen and oxygen atoms in total. The van der Waals surface area contributed by atoms with Gasteiger partial charge in [-0.3, -0.25) is 4.79 Å². The van der Waals surface area contributed by atoms with E-state index >= 15 is 0 Å². The molecule has 0 aliphatic heterocycles. The van der Waals surface area contributed by atoms with E-state index in [-0.39, 0.29) is 0 Å². The van der Waals surface area contributed by atoms with Gasteiger partial charge in [-0.2, -0.15) is 0 Å². The molecule has 0 fully saturated rings. The Hall–Kier alpha value is -1.79. The number of carbonyl (C=O) groups is 3. The molecule has 1 atom stereocenters. The number of hydrogen-bond acceptors (Lipinski definition) is 3. The third kappa shape index (κ3) is 3.41. The van der Waals surface area contributed by atoms with Crippen LogP contribution < -0.4 is 5.73 Å². The van der Waals surface area contributed by atoms with Crippen molar-refractivity contribution >= 4 is 18.0 Å². The van der Waals surface area contributed by atoms with Gasteiger partial charge < -0.3 is 20.8 Å². The Balaban J connectivity index is 4.51. The highest BCUT2D eigenvalue weighted by Crippen LogP contribution is 2.01. The van der Waals surface area contributed by atoms with Gasteiger partial charge in [0.1, 0.15) is 6.04 Å². The summed E-state index contributed by atoms with van der Waals surface area (Å²) >= 11 is 0. The second kappa shape index (κ2) is 4.29. The van der Waals surface area contributed by atoms with E-state index in [1.807, 2.05) is 0 Å².